The Hall–Kier alpha value is -4.35. The van der Waals surface area contributed by atoms with E-state index in [4.69, 9.17) is 26.0 Å². The molecule has 5 aromatic rings. The third-order valence-electron chi connectivity index (χ3n) is 6.96. The van der Waals surface area contributed by atoms with Crippen molar-refractivity contribution in [1.82, 2.24) is 19.5 Å². The fourth-order valence-electron chi connectivity index (χ4n) is 4.99. The molecule has 6 rings (SSSR count). The molecular weight excluding hydrogens is 510 g/mol. The standard InChI is InChI=1S/C30H28ClN7O/c1-30(2,3)29-35-24(17-32)28(39-29)37-14-12-36(13-15-37)26-25-23(20-8-5-4-6-9-20)18-38(27(25)34-19-33-26)22-11-7-10-21(31)16-22/h4-11,16,18-19H,12-15H2,1-3H3. The van der Waals surface area contributed by atoms with Crippen molar-refractivity contribution in [2.75, 3.05) is 36.0 Å². The van der Waals surface area contributed by atoms with Gasteiger partial charge in [-0.25, -0.2) is 9.97 Å². The first kappa shape index (κ1) is 25.0. The lowest BCUT2D eigenvalue weighted by atomic mass is 9.97. The summed E-state index contributed by atoms with van der Waals surface area (Å²) in [5.74, 6) is 2.00. The average Bonchev–Trinajstić information content (AvgIpc) is 3.56. The van der Waals surface area contributed by atoms with Gasteiger partial charge in [0.25, 0.3) is 0 Å². The summed E-state index contributed by atoms with van der Waals surface area (Å²) in [5.41, 5.74) is 3.96. The van der Waals surface area contributed by atoms with Gasteiger partial charge < -0.3 is 18.8 Å². The van der Waals surface area contributed by atoms with E-state index < -0.39 is 0 Å². The second-order valence-corrected chi connectivity index (χ2v) is 11.1. The largest absolute Gasteiger partial charge is 0.423 e. The van der Waals surface area contributed by atoms with Crippen LogP contribution in [0.25, 0.3) is 27.8 Å². The summed E-state index contributed by atoms with van der Waals surface area (Å²) >= 11 is 6.34. The zero-order valence-corrected chi connectivity index (χ0v) is 22.9. The van der Waals surface area contributed by atoms with Crippen molar-refractivity contribution in [2.45, 2.75) is 26.2 Å². The number of benzene rings is 2. The number of piperazine rings is 1. The SMILES string of the molecule is CC(C)(C)c1nc(C#N)c(N2CCN(c3ncnc4c3c(-c3ccccc3)cn4-c3cccc(Cl)c3)CC2)o1. The maximum Gasteiger partial charge on any atom is 0.234 e. The van der Waals surface area contributed by atoms with Crippen molar-refractivity contribution in [3.63, 3.8) is 0 Å². The molecule has 0 unspecified atom stereocenters. The lowest BCUT2D eigenvalue weighted by Gasteiger charge is -2.35. The lowest BCUT2D eigenvalue weighted by molar-refractivity contribution is 0.389. The predicted molar refractivity (Wildman–Crippen MR) is 154 cm³/mol. The quantitative estimate of drug-likeness (QED) is 0.269. The molecule has 0 saturated carbocycles. The van der Waals surface area contributed by atoms with Gasteiger partial charge in [-0.05, 0) is 23.8 Å². The first-order valence-electron chi connectivity index (χ1n) is 12.9. The Balaban J connectivity index is 1.38. The first-order chi connectivity index (χ1) is 18.8. The fraction of sp³-hybridized carbons (Fsp3) is 0.267. The topological polar surface area (TPSA) is 87.0 Å². The number of hydrogen-bond donors (Lipinski definition) is 0. The molecule has 0 bridgehead atoms. The Kier molecular flexibility index (Phi) is 6.24. The van der Waals surface area contributed by atoms with Crippen LogP contribution in [0.5, 0.6) is 0 Å². The number of halogens is 1. The second kappa shape index (κ2) is 9.75. The summed E-state index contributed by atoms with van der Waals surface area (Å²) in [6.07, 6.45) is 3.74. The third kappa shape index (κ3) is 4.59. The molecule has 0 atom stereocenters. The predicted octanol–water partition coefficient (Wildman–Crippen LogP) is 6.22. The Morgan fingerprint density at radius 2 is 1.69 bits per heavy atom. The fourth-order valence-corrected chi connectivity index (χ4v) is 5.17. The molecular formula is C30H28ClN7O. The molecule has 9 heteroatoms. The molecule has 0 radical (unpaired) electrons. The van der Waals surface area contributed by atoms with Crippen molar-refractivity contribution < 1.29 is 4.42 Å². The molecule has 0 amide bonds. The van der Waals surface area contributed by atoms with Gasteiger partial charge in [0.15, 0.2) is 5.65 Å². The number of nitriles is 1. The van der Waals surface area contributed by atoms with Gasteiger partial charge in [-0.15, -0.1) is 0 Å². The highest BCUT2D eigenvalue weighted by Crippen LogP contribution is 2.38. The Morgan fingerprint density at radius 1 is 0.949 bits per heavy atom. The van der Waals surface area contributed by atoms with E-state index in [1.165, 1.54) is 0 Å². The van der Waals surface area contributed by atoms with Crippen LogP contribution in [0, 0.1) is 11.3 Å². The van der Waals surface area contributed by atoms with E-state index in [-0.39, 0.29) is 5.41 Å². The Morgan fingerprint density at radius 3 is 2.38 bits per heavy atom. The number of hydrogen-bond acceptors (Lipinski definition) is 7. The lowest BCUT2D eigenvalue weighted by Crippen LogP contribution is -2.47. The van der Waals surface area contributed by atoms with E-state index in [2.05, 4.69) is 43.7 Å². The molecule has 39 heavy (non-hydrogen) atoms. The molecule has 0 N–H and O–H groups in total. The van der Waals surface area contributed by atoms with Crippen LogP contribution in [-0.4, -0.2) is 45.7 Å². The van der Waals surface area contributed by atoms with Gasteiger partial charge in [-0.1, -0.05) is 68.8 Å². The van der Waals surface area contributed by atoms with Crippen molar-refractivity contribution in [3.8, 4) is 22.9 Å². The van der Waals surface area contributed by atoms with Crippen molar-refractivity contribution in [2.24, 2.45) is 0 Å². The van der Waals surface area contributed by atoms with E-state index in [1.807, 2.05) is 63.2 Å². The number of fused-ring (bicyclic) bond motifs is 1. The first-order valence-corrected chi connectivity index (χ1v) is 13.3. The molecule has 196 valence electrons. The molecule has 0 aliphatic carbocycles. The van der Waals surface area contributed by atoms with Crippen LogP contribution < -0.4 is 9.80 Å². The summed E-state index contributed by atoms with van der Waals surface area (Å²) in [7, 11) is 0. The van der Waals surface area contributed by atoms with Gasteiger partial charge >= 0.3 is 0 Å². The van der Waals surface area contributed by atoms with E-state index in [0.29, 0.717) is 48.7 Å². The molecule has 3 aromatic heterocycles. The molecule has 8 nitrogen and oxygen atoms in total. The van der Waals surface area contributed by atoms with Gasteiger partial charge in [-0.2, -0.15) is 10.2 Å². The summed E-state index contributed by atoms with van der Waals surface area (Å²) in [5, 5.41) is 11.3. The smallest absolute Gasteiger partial charge is 0.234 e. The number of anilines is 2. The maximum absolute atomic E-state index is 9.69. The Labute approximate surface area is 232 Å². The summed E-state index contributed by atoms with van der Waals surface area (Å²) < 4.78 is 8.17. The van der Waals surface area contributed by atoms with Crippen LogP contribution in [-0.2, 0) is 5.41 Å². The zero-order chi connectivity index (χ0) is 27.1. The minimum atomic E-state index is -0.276. The van der Waals surface area contributed by atoms with Crippen LogP contribution in [0.2, 0.25) is 5.02 Å². The summed E-state index contributed by atoms with van der Waals surface area (Å²) in [4.78, 5) is 18.3. The second-order valence-electron chi connectivity index (χ2n) is 10.7. The van der Waals surface area contributed by atoms with Crippen LogP contribution >= 0.6 is 11.6 Å². The Bertz CT molecular complexity index is 1690. The number of rotatable bonds is 4. The van der Waals surface area contributed by atoms with Crippen LogP contribution in [0.15, 0.2) is 71.5 Å². The normalized spacial score (nSPS) is 14.1. The van der Waals surface area contributed by atoms with E-state index in [9.17, 15) is 5.26 Å². The zero-order valence-electron chi connectivity index (χ0n) is 22.1. The highest BCUT2D eigenvalue weighted by atomic mass is 35.5. The molecule has 0 spiro atoms. The molecule has 1 fully saturated rings. The minimum Gasteiger partial charge on any atom is -0.423 e. The molecule has 1 aliphatic rings. The maximum atomic E-state index is 9.69. The van der Waals surface area contributed by atoms with Gasteiger partial charge in [-0.3, -0.25) is 0 Å². The highest BCUT2D eigenvalue weighted by molar-refractivity contribution is 6.30. The molecule has 1 saturated heterocycles. The van der Waals surface area contributed by atoms with Crippen LogP contribution in [0.1, 0.15) is 32.4 Å². The minimum absolute atomic E-state index is 0.276. The number of oxazole rings is 1. The van der Waals surface area contributed by atoms with Crippen LogP contribution in [0.4, 0.5) is 11.7 Å². The van der Waals surface area contributed by atoms with Crippen molar-refractivity contribution in [1.29, 1.82) is 5.26 Å². The summed E-state index contributed by atoms with van der Waals surface area (Å²) in [6, 6.07) is 20.3. The van der Waals surface area contributed by atoms with E-state index in [0.717, 1.165) is 33.7 Å². The molecule has 4 heterocycles. The number of aromatic nitrogens is 4. The van der Waals surface area contributed by atoms with Crippen molar-refractivity contribution >= 4 is 34.3 Å². The van der Waals surface area contributed by atoms with Gasteiger partial charge in [0, 0.05) is 54.1 Å². The van der Waals surface area contributed by atoms with Gasteiger partial charge in [0.05, 0.1) is 5.39 Å². The van der Waals surface area contributed by atoms with E-state index >= 15 is 0 Å². The number of nitrogens with zero attached hydrogens (tertiary/aromatic N) is 7. The monoisotopic (exact) mass is 537 g/mol. The average molecular weight is 538 g/mol. The molecule has 2 aromatic carbocycles. The van der Waals surface area contributed by atoms with E-state index in [1.54, 1.807) is 6.33 Å². The summed E-state index contributed by atoms with van der Waals surface area (Å²) in [6.45, 7) is 8.85. The molecule has 1 aliphatic heterocycles. The van der Waals surface area contributed by atoms with Crippen molar-refractivity contribution in [3.05, 3.63) is 83.7 Å². The van der Waals surface area contributed by atoms with Gasteiger partial charge in [0.2, 0.25) is 17.5 Å². The van der Waals surface area contributed by atoms with Gasteiger partial charge in [0.1, 0.15) is 18.2 Å². The highest BCUT2D eigenvalue weighted by Gasteiger charge is 2.30. The third-order valence-corrected chi connectivity index (χ3v) is 7.19. The van der Waals surface area contributed by atoms with Crippen LogP contribution in [0.3, 0.4) is 0 Å².